The van der Waals surface area contributed by atoms with Gasteiger partial charge in [0.1, 0.15) is 6.07 Å². The number of hydrogen-bond acceptors (Lipinski definition) is 4. The van der Waals surface area contributed by atoms with Crippen LogP contribution in [0.4, 0.5) is 5.69 Å². The molecule has 0 unspecified atom stereocenters. The van der Waals surface area contributed by atoms with E-state index in [-0.39, 0.29) is 0 Å². The van der Waals surface area contributed by atoms with Crippen LogP contribution in [0.1, 0.15) is 18.9 Å². The smallest absolute Gasteiger partial charge is 0.167 e. The summed E-state index contributed by atoms with van der Waals surface area (Å²) < 4.78 is 11.0. The molecule has 1 saturated heterocycles. The third kappa shape index (κ3) is 3.14. The van der Waals surface area contributed by atoms with Gasteiger partial charge in [-0.15, -0.1) is 0 Å². The Bertz CT molecular complexity index is 465. The summed E-state index contributed by atoms with van der Waals surface area (Å²) in [4.78, 5) is 0. The molecule has 0 saturated carbocycles. The fourth-order valence-corrected chi connectivity index (χ4v) is 2.06. The highest BCUT2D eigenvalue weighted by molar-refractivity contribution is 6.30. The maximum absolute atomic E-state index is 9.01. The molecule has 18 heavy (non-hydrogen) atoms. The lowest BCUT2D eigenvalue weighted by molar-refractivity contribution is -0.144. The second-order valence-corrected chi connectivity index (χ2v) is 4.75. The summed E-state index contributed by atoms with van der Waals surface area (Å²) in [7, 11) is 0. The van der Waals surface area contributed by atoms with Gasteiger partial charge in [0.25, 0.3) is 0 Å². The lowest BCUT2D eigenvalue weighted by Gasteiger charge is -2.22. The summed E-state index contributed by atoms with van der Waals surface area (Å²) in [6.07, 6.45) is 0.723. The molecule has 1 fully saturated rings. The maximum Gasteiger partial charge on any atom is 0.167 e. The van der Waals surface area contributed by atoms with Crippen LogP contribution >= 0.6 is 11.6 Å². The monoisotopic (exact) mass is 266 g/mol. The third-order valence-corrected chi connectivity index (χ3v) is 3.13. The second-order valence-electron chi connectivity index (χ2n) is 4.31. The van der Waals surface area contributed by atoms with Gasteiger partial charge in [-0.1, -0.05) is 11.6 Å². The van der Waals surface area contributed by atoms with Crippen molar-refractivity contribution >= 4 is 17.3 Å². The van der Waals surface area contributed by atoms with Crippen molar-refractivity contribution in [1.29, 1.82) is 5.26 Å². The van der Waals surface area contributed by atoms with Gasteiger partial charge in [0, 0.05) is 18.0 Å². The predicted octanol–water partition coefficient (Wildman–Crippen LogP) is 2.78. The van der Waals surface area contributed by atoms with Crippen molar-refractivity contribution in [3.63, 3.8) is 0 Å². The van der Waals surface area contributed by atoms with Gasteiger partial charge in [0.2, 0.25) is 0 Å². The molecule has 0 aliphatic carbocycles. The SMILES string of the molecule is CC1(CCNc2ccc(Cl)cc2C#N)OCCO1. The van der Waals surface area contributed by atoms with Crippen LogP contribution in [-0.4, -0.2) is 25.5 Å². The molecule has 1 N–H and O–H groups in total. The molecular weight excluding hydrogens is 252 g/mol. The van der Waals surface area contributed by atoms with Crippen LogP contribution in [0.2, 0.25) is 5.02 Å². The number of ether oxygens (including phenoxy) is 2. The van der Waals surface area contributed by atoms with E-state index < -0.39 is 5.79 Å². The Hall–Kier alpha value is -1.28. The summed E-state index contributed by atoms with van der Waals surface area (Å²) in [5.74, 6) is -0.508. The first-order valence-corrected chi connectivity index (χ1v) is 6.22. The van der Waals surface area contributed by atoms with Gasteiger partial charge in [0.05, 0.1) is 24.5 Å². The van der Waals surface area contributed by atoms with Crippen molar-refractivity contribution in [2.24, 2.45) is 0 Å². The van der Waals surface area contributed by atoms with Gasteiger partial charge in [-0.3, -0.25) is 0 Å². The lowest BCUT2D eigenvalue weighted by Crippen LogP contribution is -2.28. The van der Waals surface area contributed by atoms with E-state index in [4.69, 9.17) is 26.3 Å². The molecule has 0 amide bonds. The molecule has 0 radical (unpaired) electrons. The Morgan fingerprint density at radius 3 is 2.83 bits per heavy atom. The molecule has 1 aliphatic heterocycles. The Morgan fingerprint density at radius 2 is 2.17 bits per heavy atom. The normalized spacial score (nSPS) is 17.4. The largest absolute Gasteiger partial charge is 0.384 e. The van der Waals surface area contributed by atoms with E-state index in [9.17, 15) is 0 Å². The van der Waals surface area contributed by atoms with Crippen LogP contribution in [0.3, 0.4) is 0 Å². The van der Waals surface area contributed by atoms with Crippen molar-refractivity contribution in [3.05, 3.63) is 28.8 Å². The summed E-state index contributed by atoms with van der Waals surface area (Å²) in [5.41, 5.74) is 1.32. The lowest BCUT2D eigenvalue weighted by atomic mass is 10.1. The number of benzene rings is 1. The van der Waals surface area contributed by atoms with E-state index in [2.05, 4.69) is 11.4 Å². The van der Waals surface area contributed by atoms with E-state index >= 15 is 0 Å². The highest BCUT2D eigenvalue weighted by atomic mass is 35.5. The quantitative estimate of drug-likeness (QED) is 0.910. The van der Waals surface area contributed by atoms with Crippen molar-refractivity contribution in [3.8, 4) is 6.07 Å². The van der Waals surface area contributed by atoms with Crippen LogP contribution in [0.15, 0.2) is 18.2 Å². The van der Waals surface area contributed by atoms with Crippen LogP contribution < -0.4 is 5.32 Å². The Labute approximate surface area is 111 Å². The van der Waals surface area contributed by atoms with Gasteiger partial charge in [0.15, 0.2) is 5.79 Å². The molecule has 4 nitrogen and oxygen atoms in total. The number of nitriles is 1. The fourth-order valence-electron chi connectivity index (χ4n) is 1.89. The number of rotatable bonds is 4. The van der Waals surface area contributed by atoms with Gasteiger partial charge in [-0.2, -0.15) is 5.26 Å². The zero-order valence-electron chi connectivity index (χ0n) is 10.2. The van der Waals surface area contributed by atoms with Crippen LogP contribution in [0.25, 0.3) is 0 Å². The Morgan fingerprint density at radius 1 is 1.44 bits per heavy atom. The summed E-state index contributed by atoms with van der Waals surface area (Å²) >= 11 is 5.84. The van der Waals surface area contributed by atoms with Crippen molar-refractivity contribution in [2.75, 3.05) is 25.1 Å². The molecule has 1 aromatic carbocycles. The minimum Gasteiger partial charge on any atom is -0.384 e. The van der Waals surface area contributed by atoms with Crippen LogP contribution in [-0.2, 0) is 9.47 Å². The van der Waals surface area contributed by atoms with E-state index in [1.54, 1.807) is 18.2 Å². The molecule has 2 rings (SSSR count). The number of nitrogens with one attached hydrogen (secondary N) is 1. The first-order valence-electron chi connectivity index (χ1n) is 5.84. The minimum absolute atomic E-state index is 0.508. The van der Waals surface area contributed by atoms with Crippen molar-refractivity contribution in [1.82, 2.24) is 0 Å². The van der Waals surface area contributed by atoms with Gasteiger partial charge >= 0.3 is 0 Å². The molecule has 0 bridgehead atoms. The standard InChI is InChI=1S/C13H15ClN2O2/c1-13(17-6-7-18-13)4-5-16-12-3-2-11(14)8-10(12)9-15/h2-3,8,16H,4-7H2,1H3. The zero-order chi connectivity index (χ0) is 13.0. The van der Waals surface area contributed by atoms with Crippen LogP contribution in [0, 0.1) is 11.3 Å². The van der Waals surface area contributed by atoms with E-state index in [0.717, 1.165) is 12.1 Å². The van der Waals surface area contributed by atoms with Crippen molar-refractivity contribution < 1.29 is 9.47 Å². The van der Waals surface area contributed by atoms with E-state index in [0.29, 0.717) is 30.3 Å². The molecule has 0 atom stereocenters. The number of anilines is 1. The second kappa shape index (κ2) is 5.57. The summed E-state index contributed by atoms with van der Waals surface area (Å²) in [6, 6.07) is 7.33. The highest BCUT2D eigenvalue weighted by Gasteiger charge is 2.30. The zero-order valence-corrected chi connectivity index (χ0v) is 11.0. The highest BCUT2D eigenvalue weighted by Crippen LogP contribution is 2.24. The van der Waals surface area contributed by atoms with Crippen LogP contribution in [0.5, 0.6) is 0 Å². The molecule has 1 aromatic rings. The summed E-state index contributed by atoms with van der Waals surface area (Å²) in [6.45, 7) is 3.88. The predicted molar refractivity (Wildman–Crippen MR) is 69.6 cm³/mol. The van der Waals surface area contributed by atoms with Crippen molar-refractivity contribution in [2.45, 2.75) is 19.1 Å². The van der Waals surface area contributed by atoms with Gasteiger partial charge < -0.3 is 14.8 Å². The van der Waals surface area contributed by atoms with E-state index in [1.165, 1.54) is 0 Å². The topological polar surface area (TPSA) is 54.3 Å². The first-order chi connectivity index (χ1) is 8.63. The third-order valence-electron chi connectivity index (χ3n) is 2.89. The Balaban J connectivity index is 1.92. The number of hydrogen-bond donors (Lipinski definition) is 1. The van der Waals surface area contributed by atoms with E-state index in [1.807, 2.05) is 6.92 Å². The fraction of sp³-hybridized carbons (Fsp3) is 0.462. The first kappa shape index (κ1) is 13.2. The molecule has 1 aliphatic rings. The summed E-state index contributed by atoms with van der Waals surface area (Å²) in [5, 5.41) is 12.8. The van der Waals surface area contributed by atoms with Gasteiger partial charge in [-0.05, 0) is 25.1 Å². The number of nitrogens with zero attached hydrogens (tertiary/aromatic N) is 1. The average molecular weight is 267 g/mol. The molecular formula is C13H15ClN2O2. The maximum atomic E-state index is 9.01. The molecule has 0 aromatic heterocycles. The Kier molecular flexibility index (Phi) is 4.07. The average Bonchev–Trinajstić information content (AvgIpc) is 2.78. The molecule has 5 heteroatoms. The minimum atomic E-state index is -0.508. The molecule has 96 valence electrons. The number of halogens is 1. The molecule has 0 spiro atoms. The molecule has 1 heterocycles. The van der Waals surface area contributed by atoms with Gasteiger partial charge in [-0.25, -0.2) is 0 Å².